The van der Waals surface area contributed by atoms with Crippen molar-refractivity contribution < 1.29 is 28.5 Å². The van der Waals surface area contributed by atoms with Crippen LogP contribution in [0.5, 0.6) is 5.75 Å². The lowest BCUT2D eigenvalue weighted by molar-refractivity contribution is 0.0389. The fourth-order valence-electron chi connectivity index (χ4n) is 3.07. The molecule has 0 bridgehead atoms. The minimum absolute atomic E-state index is 0.177. The van der Waals surface area contributed by atoms with Gasteiger partial charge in [-0.25, -0.2) is 9.59 Å². The van der Waals surface area contributed by atoms with Crippen molar-refractivity contribution in [3.63, 3.8) is 0 Å². The van der Waals surface area contributed by atoms with E-state index in [-0.39, 0.29) is 6.61 Å². The summed E-state index contributed by atoms with van der Waals surface area (Å²) >= 11 is 0. The maximum atomic E-state index is 12.5. The van der Waals surface area contributed by atoms with Gasteiger partial charge in [-0.15, -0.1) is 0 Å². The topological polar surface area (TPSA) is 79.2 Å². The van der Waals surface area contributed by atoms with Gasteiger partial charge >= 0.3 is 12.1 Å². The highest BCUT2D eigenvalue weighted by molar-refractivity contribution is 6.06. The lowest BCUT2D eigenvalue weighted by Crippen LogP contribution is -2.42. The molecule has 1 aliphatic heterocycles. The summed E-state index contributed by atoms with van der Waals surface area (Å²) in [6.07, 6.45) is -0.422. The highest BCUT2D eigenvalue weighted by Crippen LogP contribution is 2.29. The summed E-state index contributed by atoms with van der Waals surface area (Å²) in [7, 11) is 3.43. The predicted molar refractivity (Wildman–Crippen MR) is 98.2 cm³/mol. The Labute approximate surface area is 157 Å². The first-order valence-corrected chi connectivity index (χ1v) is 8.82. The Morgan fingerprint density at radius 2 is 1.93 bits per heavy atom. The van der Waals surface area contributed by atoms with Crippen LogP contribution in [-0.4, -0.2) is 68.2 Å². The van der Waals surface area contributed by atoms with Gasteiger partial charge in [0.15, 0.2) is 0 Å². The Bertz CT molecular complexity index is 838. The molecule has 0 spiro atoms. The van der Waals surface area contributed by atoms with Crippen LogP contribution in [0.25, 0.3) is 10.9 Å². The number of ether oxygens (including phenoxy) is 4. The van der Waals surface area contributed by atoms with Crippen molar-refractivity contribution in [3.8, 4) is 5.75 Å². The fourth-order valence-corrected chi connectivity index (χ4v) is 3.07. The largest absolute Gasteiger partial charge is 0.460 e. The van der Waals surface area contributed by atoms with Crippen LogP contribution < -0.4 is 4.74 Å². The first-order chi connectivity index (χ1) is 13.0. The molecule has 8 heteroatoms. The number of fused-ring (bicyclic) bond motifs is 1. The molecule has 8 nitrogen and oxygen atoms in total. The Hall–Kier alpha value is -2.58. The second-order valence-corrected chi connectivity index (χ2v) is 6.29. The minimum Gasteiger partial charge on any atom is -0.460 e. The summed E-state index contributed by atoms with van der Waals surface area (Å²) in [6, 6.07) is 5.25. The number of hydrogen-bond acceptors (Lipinski definition) is 6. The Morgan fingerprint density at radius 1 is 1.19 bits per heavy atom. The zero-order valence-electron chi connectivity index (χ0n) is 15.8. The second kappa shape index (κ2) is 8.41. The van der Waals surface area contributed by atoms with Crippen LogP contribution in [0.2, 0.25) is 0 Å². The van der Waals surface area contributed by atoms with E-state index in [1.165, 1.54) is 0 Å². The second-order valence-electron chi connectivity index (χ2n) is 6.29. The van der Waals surface area contributed by atoms with Crippen LogP contribution in [0.15, 0.2) is 18.2 Å². The number of aromatic nitrogens is 1. The molecule has 0 N–H and O–H groups in total. The van der Waals surface area contributed by atoms with Crippen LogP contribution in [-0.2, 0) is 21.3 Å². The molecule has 1 aromatic carbocycles. The quantitative estimate of drug-likeness (QED) is 0.588. The van der Waals surface area contributed by atoms with Crippen molar-refractivity contribution in [2.24, 2.45) is 7.05 Å². The Kier molecular flexibility index (Phi) is 5.98. The summed E-state index contributed by atoms with van der Waals surface area (Å²) in [5, 5.41) is 0.685. The van der Waals surface area contributed by atoms with Gasteiger partial charge < -0.3 is 28.4 Å². The van der Waals surface area contributed by atoms with Gasteiger partial charge in [0.1, 0.15) is 12.4 Å². The van der Waals surface area contributed by atoms with Crippen molar-refractivity contribution in [2.75, 3.05) is 46.6 Å². The minimum atomic E-state index is -0.424. The number of aryl methyl sites for hydroxylation is 1. The Balaban J connectivity index is 1.85. The molecule has 27 heavy (non-hydrogen) atoms. The third-order valence-electron chi connectivity index (χ3n) is 4.66. The molecule has 0 saturated carbocycles. The highest BCUT2D eigenvalue weighted by Gasteiger charge is 2.22. The molecule has 0 unspecified atom stereocenters. The molecule has 146 valence electrons. The van der Waals surface area contributed by atoms with Gasteiger partial charge in [0, 0.05) is 43.8 Å². The molecular weight excluding hydrogens is 352 g/mol. The average Bonchev–Trinajstić information content (AvgIpc) is 2.93. The number of methoxy groups -OCH3 is 1. The number of amides is 1. The SMILES string of the molecule is COCCOC(=O)c1c(C)n(C)c2ccc(OC(=O)N3CCOCC3)cc12. The van der Waals surface area contributed by atoms with E-state index in [0.717, 1.165) is 11.2 Å². The molecule has 1 amide bonds. The number of benzene rings is 1. The normalized spacial score (nSPS) is 14.4. The average molecular weight is 376 g/mol. The third-order valence-corrected chi connectivity index (χ3v) is 4.66. The molecule has 1 aliphatic rings. The lowest BCUT2D eigenvalue weighted by Gasteiger charge is -2.25. The summed E-state index contributed by atoms with van der Waals surface area (Å²) in [6.45, 7) is 4.37. The van der Waals surface area contributed by atoms with Crippen molar-refractivity contribution in [1.29, 1.82) is 0 Å². The zero-order chi connectivity index (χ0) is 19.4. The van der Waals surface area contributed by atoms with Gasteiger partial charge in [0.2, 0.25) is 0 Å². The summed E-state index contributed by atoms with van der Waals surface area (Å²) < 4.78 is 22.8. The highest BCUT2D eigenvalue weighted by atomic mass is 16.6. The standard InChI is InChI=1S/C19H24N2O6/c1-13-17(18(22)26-11-10-24-3)15-12-14(4-5-16(15)20(13)2)27-19(23)21-6-8-25-9-7-21/h4-5,12H,6-11H2,1-3H3. The molecule has 1 fully saturated rings. The van der Waals surface area contributed by atoms with Crippen molar-refractivity contribution in [3.05, 3.63) is 29.5 Å². The fraction of sp³-hybridized carbons (Fsp3) is 0.474. The van der Waals surface area contributed by atoms with E-state index in [0.29, 0.717) is 49.6 Å². The van der Waals surface area contributed by atoms with E-state index in [9.17, 15) is 9.59 Å². The molecule has 2 aromatic rings. The lowest BCUT2D eigenvalue weighted by atomic mass is 10.1. The van der Waals surface area contributed by atoms with Crippen LogP contribution in [0.1, 0.15) is 16.1 Å². The molecule has 1 aromatic heterocycles. The number of carbonyl (C=O) groups is 2. The number of carbonyl (C=O) groups excluding carboxylic acids is 2. The molecule has 2 heterocycles. The molecule has 3 rings (SSSR count). The smallest absolute Gasteiger partial charge is 0.415 e. The van der Waals surface area contributed by atoms with Crippen LogP contribution in [0, 0.1) is 6.92 Å². The van der Waals surface area contributed by atoms with Gasteiger partial charge in [-0.2, -0.15) is 0 Å². The van der Waals surface area contributed by atoms with Gasteiger partial charge in [0.25, 0.3) is 0 Å². The maximum absolute atomic E-state index is 12.5. The van der Waals surface area contributed by atoms with E-state index in [2.05, 4.69) is 0 Å². The summed E-state index contributed by atoms with van der Waals surface area (Å²) in [4.78, 5) is 26.4. The van der Waals surface area contributed by atoms with Gasteiger partial charge in [-0.1, -0.05) is 0 Å². The molecule has 0 aliphatic carbocycles. The monoisotopic (exact) mass is 376 g/mol. The first kappa shape index (κ1) is 19.2. The predicted octanol–water partition coefficient (Wildman–Crippen LogP) is 2.12. The number of esters is 1. The van der Waals surface area contributed by atoms with E-state index in [4.69, 9.17) is 18.9 Å². The van der Waals surface area contributed by atoms with E-state index < -0.39 is 12.1 Å². The van der Waals surface area contributed by atoms with Crippen molar-refractivity contribution in [2.45, 2.75) is 6.92 Å². The van der Waals surface area contributed by atoms with Crippen LogP contribution in [0.4, 0.5) is 4.79 Å². The number of rotatable bonds is 5. The van der Waals surface area contributed by atoms with Gasteiger partial charge in [0.05, 0.1) is 25.4 Å². The molecular formula is C19H24N2O6. The molecule has 1 saturated heterocycles. The number of morpholine rings is 1. The zero-order valence-corrected chi connectivity index (χ0v) is 15.8. The van der Waals surface area contributed by atoms with E-state index in [1.807, 2.05) is 24.6 Å². The van der Waals surface area contributed by atoms with E-state index >= 15 is 0 Å². The molecule has 0 radical (unpaired) electrons. The number of nitrogens with zero attached hydrogens (tertiary/aromatic N) is 2. The summed E-state index contributed by atoms with van der Waals surface area (Å²) in [5.41, 5.74) is 2.11. The van der Waals surface area contributed by atoms with Crippen LogP contribution in [0.3, 0.4) is 0 Å². The van der Waals surface area contributed by atoms with Crippen molar-refractivity contribution >= 4 is 23.0 Å². The first-order valence-electron chi connectivity index (χ1n) is 8.82. The summed E-state index contributed by atoms with van der Waals surface area (Å²) in [5.74, 6) is -0.0395. The molecule has 0 atom stereocenters. The van der Waals surface area contributed by atoms with Crippen LogP contribution >= 0.6 is 0 Å². The van der Waals surface area contributed by atoms with Crippen molar-refractivity contribution in [1.82, 2.24) is 9.47 Å². The maximum Gasteiger partial charge on any atom is 0.415 e. The third kappa shape index (κ3) is 4.06. The van der Waals surface area contributed by atoms with Gasteiger partial charge in [-0.05, 0) is 25.1 Å². The van der Waals surface area contributed by atoms with E-state index in [1.54, 1.807) is 24.1 Å². The Morgan fingerprint density at radius 3 is 2.63 bits per heavy atom. The van der Waals surface area contributed by atoms with Gasteiger partial charge in [-0.3, -0.25) is 0 Å². The number of hydrogen-bond donors (Lipinski definition) is 0.